The molecule has 2 heterocycles. The second kappa shape index (κ2) is 9.69. The van der Waals surface area contributed by atoms with Crippen LogP contribution in [0.1, 0.15) is 31.5 Å². The van der Waals surface area contributed by atoms with Crippen LogP contribution in [0.2, 0.25) is 0 Å². The first kappa shape index (κ1) is 21.0. The fraction of sp³-hybridized carbons (Fsp3) is 0.550. The highest BCUT2D eigenvalue weighted by Crippen LogP contribution is 2.26. The molecule has 0 atom stereocenters. The molecule has 0 saturated carbocycles. The highest BCUT2D eigenvalue weighted by atomic mass is 19.1. The van der Waals surface area contributed by atoms with Crippen LogP contribution in [0, 0.1) is 5.82 Å². The zero-order chi connectivity index (χ0) is 20.8. The Morgan fingerprint density at radius 2 is 1.93 bits per heavy atom. The summed E-state index contributed by atoms with van der Waals surface area (Å²) in [6.45, 7) is 4.43. The lowest BCUT2D eigenvalue weighted by molar-refractivity contribution is -0.134. The Bertz CT molecular complexity index is 870. The predicted octanol–water partition coefficient (Wildman–Crippen LogP) is 1.64. The Hall–Kier alpha value is -2.68. The molecule has 0 bridgehead atoms. The maximum atomic E-state index is 12.9. The molecule has 8 nitrogen and oxygen atoms in total. The highest BCUT2D eigenvalue weighted by Gasteiger charge is 2.28. The van der Waals surface area contributed by atoms with E-state index in [1.165, 1.54) is 28.9 Å². The molecule has 0 N–H and O–H groups in total. The molecule has 2 aromatic rings. The van der Waals surface area contributed by atoms with Crippen molar-refractivity contribution in [3.8, 4) is 5.75 Å². The largest absolute Gasteiger partial charge is 0.484 e. The van der Waals surface area contributed by atoms with Gasteiger partial charge in [-0.25, -0.2) is 13.9 Å². The van der Waals surface area contributed by atoms with Gasteiger partial charge in [0.2, 0.25) is 0 Å². The molecule has 29 heavy (non-hydrogen) atoms. The summed E-state index contributed by atoms with van der Waals surface area (Å²) >= 11 is 0. The highest BCUT2D eigenvalue weighted by molar-refractivity contribution is 5.77. The van der Waals surface area contributed by atoms with Crippen LogP contribution in [0.3, 0.4) is 0 Å². The first-order valence-electron chi connectivity index (χ1n) is 9.86. The summed E-state index contributed by atoms with van der Waals surface area (Å²) in [5.41, 5.74) is -0.120. The summed E-state index contributed by atoms with van der Waals surface area (Å²) in [6, 6.07) is 5.59. The van der Waals surface area contributed by atoms with Crippen molar-refractivity contribution in [1.29, 1.82) is 0 Å². The number of piperidine rings is 1. The molecule has 1 aliphatic rings. The average molecular weight is 406 g/mol. The molecule has 0 radical (unpaired) electrons. The Kier molecular flexibility index (Phi) is 7.03. The molecule has 1 fully saturated rings. The number of carbonyl (C=O) groups excluding carboxylic acids is 1. The number of methoxy groups -OCH3 is 1. The Morgan fingerprint density at radius 3 is 2.55 bits per heavy atom. The van der Waals surface area contributed by atoms with Crippen LogP contribution < -0.4 is 10.4 Å². The van der Waals surface area contributed by atoms with Crippen molar-refractivity contribution < 1.29 is 18.7 Å². The lowest BCUT2D eigenvalue weighted by atomic mass is 9.96. The van der Waals surface area contributed by atoms with Crippen LogP contribution in [0.25, 0.3) is 0 Å². The molecule has 1 saturated heterocycles. The fourth-order valence-electron chi connectivity index (χ4n) is 3.53. The lowest BCUT2D eigenvalue weighted by Gasteiger charge is -2.31. The average Bonchev–Trinajstić information content (AvgIpc) is 3.07. The Balaban J connectivity index is 1.56. The van der Waals surface area contributed by atoms with E-state index in [4.69, 9.17) is 9.47 Å². The van der Waals surface area contributed by atoms with Gasteiger partial charge < -0.3 is 14.4 Å². The normalized spacial score (nSPS) is 14.9. The maximum absolute atomic E-state index is 12.9. The van der Waals surface area contributed by atoms with Crippen LogP contribution in [-0.4, -0.2) is 58.6 Å². The predicted molar refractivity (Wildman–Crippen MR) is 104 cm³/mol. The van der Waals surface area contributed by atoms with Crippen LogP contribution in [0.5, 0.6) is 5.75 Å². The van der Waals surface area contributed by atoms with Gasteiger partial charge in [-0.15, -0.1) is 0 Å². The molecular weight excluding hydrogens is 379 g/mol. The molecule has 0 unspecified atom stereocenters. The number of nitrogens with zero attached hydrogens (tertiary/aromatic N) is 4. The molecule has 0 spiro atoms. The quantitative estimate of drug-likeness (QED) is 0.666. The second-order valence-electron chi connectivity index (χ2n) is 7.00. The summed E-state index contributed by atoms with van der Waals surface area (Å²) in [5.74, 6) is 0.923. The monoisotopic (exact) mass is 406 g/mol. The van der Waals surface area contributed by atoms with E-state index in [0.29, 0.717) is 38.5 Å². The minimum atomic E-state index is -0.346. The molecule has 1 aromatic carbocycles. The van der Waals surface area contributed by atoms with Crippen molar-refractivity contribution in [3.63, 3.8) is 0 Å². The number of rotatable bonds is 8. The van der Waals surface area contributed by atoms with Gasteiger partial charge in [0.1, 0.15) is 17.4 Å². The smallest absolute Gasteiger partial charge is 0.345 e. The van der Waals surface area contributed by atoms with Crippen LogP contribution in [0.4, 0.5) is 4.39 Å². The number of hydrogen-bond donors (Lipinski definition) is 0. The number of carbonyl (C=O) groups is 1. The molecule has 1 aromatic heterocycles. The molecule has 158 valence electrons. The zero-order valence-electron chi connectivity index (χ0n) is 16.8. The third kappa shape index (κ3) is 5.03. The first-order chi connectivity index (χ1) is 14.0. The van der Waals surface area contributed by atoms with E-state index < -0.39 is 0 Å². The zero-order valence-corrected chi connectivity index (χ0v) is 16.8. The lowest BCUT2D eigenvalue weighted by Crippen LogP contribution is -2.41. The van der Waals surface area contributed by atoms with Crippen molar-refractivity contribution in [2.75, 3.05) is 33.4 Å². The Labute approximate surface area is 168 Å². The van der Waals surface area contributed by atoms with Gasteiger partial charge in [-0.3, -0.25) is 9.36 Å². The topological polar surface area (TPSA) is 78.6 Å². The standard InChI is InChI=1S/C20H27FN4O4/c1-3-24-19(22-25(20(24)27)12-13-28-2)15-8-10-23(11-9-15)18(26)14-29-17-6-4-16(21)5-7-17/h4-7,15H,3,8-14H2,1-2H3. The van der Waals surface area contributed by atoms with Crippen molar-refractivity contribution in [2.45, 2.75) is 38.8 Å². The third-order valence-corrected chi connectivity index (χ3v) is 5.16. The van der Waals surface area contributed by atoms with Gasteiger partial charge >= 0.3 is 5.69 Å². The van der Waals surface area contributed by atoms with Gasteiger partial charge in [0.25, 0.3) is 5.91 Å². The number of amides is 1. The minimum absolute atomic E-state index is 0.0817. The molecule has 3 rings (SSSR count). The summed E-state index contributed by atoms with van der Waals surface area (Å²) in [4.78, 5) is 26.7. The number of aromatic nitrogens is 3. The van der Waals surface area contributed by atoms with Gasteiger partial charge in [-0.2, -0.15) is 5.10 Å². The van der Waals surface area contributed by atoms with Gasteiger partial charge in [0.15, 0.2) is 6.61 Å². The summed E-state index contributed by atoms with van der Waals surface area (Å²) in [5, 5.41) is 4.52. The molecule has 1 amide bonds. The van der Waals surface area contributed by atoms with Crippen LogP contribution in [-0.2, 0) is 22.6 Å². The van der Waals surface area contributed by atoms with Crippen molar-refractivity contribution in [1.82, 2.24) is 19.2 Å². The number of likely N-dealkylation sites (tertiary alicyclic amines) is 1. The van der Waals surface area contributed by atoms with E-state index in [0.717, 1.165) is 18.7 Å². The van der Waals surface area contributed by atoms with Crippen molar-refractivity contribution in [3.05, 3.63) is 46.4 Å². The van der Waals surface area contributed by atoms with Gasteiger partial charge in [0.05, 0.1) is 13.2 Å². The maximum Gasteiger partial charge on any atom is 0.345 e. The Morgan fingerprint density at radius 1 is 1.24 bits per heavy atom. The minimum Gasteiger partial charge on any atom is -0.484 e. The number of benzene rings is 1. The summed E-state index contributed by atoms with van der Waals surface area (Å²) in [7, 11) is 1.59. The SMILES string of the molecule is CCn1c(C2CCN(C(=O)COc3ccc(F)cc3)CC2)nn(CCOC)c1=O. The van der Waals surface area contributed by atoms with Crippen molar-refractivity contribution >= 4 is 5.91 Å². The van der Waals surface area contributed by atoms with Crippen LogP contribution in [0.15, 0.2) is 29.1 Å². The third-order valence-electron chi connectivity index (χ3n) is 5.16. The first-order valence-corrected chi connectivity index (χ1v) is 9.86. The van der Waals surface area contributed by atoms with Crippen molar-refractivity contribution in [2.24, 2.45) is 0 Å². The second-order valence-corrected chi connectivity index (χ2v) is 7.00. The summed E-state index contributed by atoms with van der Waals surface area (Å²) in [6.07, 6.45) is 1.48. The van der Waals surface area contributed by atoms with E-state index >= 15 is 0 Å². The van der Waals surface area contributed by atoms with Crippen LogP contribution >= 0.6 is 0 Å². The molecule has 1 aliphatic heterocycles. The number of ether oxygens (including phenoxy) is 2. The van der Waals surface area contributed by atoms with E-state index in [1.807, 2.05) is 6.92 Å². The number of hydrogen-bond acceptors (Lipinski definition) is 5. The summed E-state index contributed by atoms with van der Waals surface area (Å²) < 4.78 is 26.6. The number of halogens is 1. The molecule has 9 heteroatoms. The van der Waals surface area contributed by atoms with E-state index in [2.05, 4.69) is 5.10 Å². The molecular formula is C20H27FN4O4. The fourth-order valence-corrected chi connectivity index (χ4v) is 3.53. The van der Waals surface area contributed by atoms with Gasteiger partial charge in [0, 0.05) is 32.7 Å². The molecule has 0 aliphatic carbocycles. The van der Waals surface area contributed by atoms with E-state index in [-0.39, 0.29) is 29.9 Å². The van der Waals surface area contributed by atoms with E-state index in [1.54, 1.807) is 16.6 Å². The van der Waals surface area contributed by atoms with E-state index in [9.17, 15) is 14.0 Å². The van der Waals surface area contributed by atoms with Gasteiger partial charge in [-0.1, -0.05) is 0 Å². The van der Waals surface area contributed by atoms with Gasteiger partial charge in [-0.05, 0) is 44.0 Å².